The molecule has 0 bridgehead atoms. The topological polar surface area (TPSA) is 12.4 Å². The standard InChI is InChI=1S/C12H16F3N/c1-5-8-16-11(4)9(2)6-7-10(3)12(13,14)15/h5-7H,1,8H2,2-4H3/b9-6+,10-7+,16-11?. The molecule has 16 heavy (non-hydrogen) atoms. The van der Waals surface area contributed by atoms with Crippen LogP contribution in [0.25, 0.3) is 0 Å². The Balaban J connectivity index is 4.74. The summed E-state index contributed by atoms with van der Waals surface area (Å²) >= 11 is 0. The van der Waals surface area contributed by atoms with Crippen LogP contribution in [0, 0.1) is 0 Å². The van der Waals surface area contributed by atoms with Crippen molar-refractivity contribution in [2.45, 2.75) is 26.9 Å². The van der Waals surface area contributed by atoms with Crippen LogP contribution in [0.5, 0.6) is 0 Å². The molecule has 90 valence electrons. The number of rotatable bonds is 4. The zero-order chi connectivity index (χ0) is 12.8. The highest BCUT2D eigenvalue weighted by atomic mass is 19.4. The minimum atomic E-state index is -4.26. The van der Waals surface area contributed by atoms with E-state index in [0.717, 1.165) is 13.0 Å². The fraction of sp³-hybridized carbons (Fsp3) is 0.417. The van der Waals surface area contributed by atoms with Crippen LogP contribution in [-0.2, 0) is 0 Å². The lowest BCUT2D eigenvalue weighted by molar-refractivity contribution is -0.0912. The zero-order valence-corrected chi connectivity index (χ0v) is 9.73. The Morgan fingerprint density at radius 1 is 1.19 bits per heavy atom. The smallest absolute Gasteiger partial charge is 0.286 e. The largest absolute Gasteiger partial charge is 0.412 e. The molecule has 0 aromatic carbocycles. The van der Waals surface area contributed by atoms with E-state index in [9.17, 15) is 13.2 Å². The monoisotopic (exact) mass is 231 g/mol. The molecule has 0 aliphatic heterocycles. The Hall–Kier alpha value is -1.32. The number of halogens is 3. The minimum absolute atomic E-state index is 0.471. The third-order valence-electron chi connectivity index (χ3n) is 2.06. The molecule has 0 radical (unpaired) electrons. The third-order valence-corrected chi connectivity index (χ3v) is 2.06. The number of hydrogen-bond donors (Lipinski definition) is 0. The van der Waals surface area contributed by atoms with Crippen LogP contribution >= 0.6 is 0 Å². The van der Waals surface area contributed by atoms with E-state index in [2.05, 4.69) is 11.6 Å². The predicted molar refractivity (Wildman–Crippen MR) is 61.7 cm³/mol. The maximum atomic E-state index is 12.2. The highest BCUT2D eigenvalue weighted by Gasteiger charge is 2.29. The van der Waals surface area contributed by atoms with Gasteiger partial charge in [0.2, 0.25) is 0 Å². The third kappa shape index (κ3) is 5.53. The van der Waals surface area contributed by atoms with Gasteiger partial charge in [0.1, 0.15) is 0 Å². The molecule has 0 aromatic rings. The van der Waals surface area contributed by atoms with Gasteiger partial charge in [0.05, 0.1) is 6.54 Å². The van der Waals surface area contributed by atoms with Gasteiger partial charge in [-0.15, -0.1) is 6.58 Å². The van der Waals surface area contributed by atoms with E-state index in [0.29, 0.717) is 17.8 Å². The molecule has 0 heterocycles. The van der Waals surface area contributed by atoms with E-state index in [4.69, 9.17) is 0 Å². The average Bonchev–Trinajstić information content (AvgIpc) is 2.20. The van der Waals surface area contributed by atoms with E-state index < -0.39 is 11.7 Å². The van der Waals surface area contributed by atoms with E-state index in [1.54, 1.807) is 19.9 Å². The molecule has 0 spiro atoms. The average molecular weight is 231 g/mol. The van der Waals surface area contributed by atoms with Crippen LogP contribution < -0.4 is 0 Å². The fourth-order valence-corrected chi connectivity index (χ4v) is 0.791. The number of allylic oxidation sites excluding steroid dienone is 4. The van der Waals surface area contributed by atoms with E-state index in [1.165, 1.54) is 6.08 Å². The van der Waals surface area contributed by atoms with Crippen molar-refractivity contribution in [3.63, 3.8) is 0 Å². The second kappa shape index (κ2) is 6.30. The first-order chi connectivity index (χ1) is 7.29. The van der Waals surface area contributed by atoms with Gasteiger partial charge in [-0.2, -0.15) is 13.2 Å². The van der Waals surface area contributed by atoms with Gasteiger partial charge in [0.15, 0.2) is 0 Å². The SMILES string of the molecule is C=CCN=C(C)/C(C)=C/C=C(\C)C(F)(F)F. The van der Waals surface area contributed by atoms with Gasteiger partial charge < -0.3 is 0 Å². The molecule has 4 heteroatoms. The minimum Gasteiger partial charge on any atom is -0.286 e. The van der Waals surface area contributed by atoms with E-state index >= 15 is 0 Å². The van der Waals surface area contributed by atoms with Crippen molar-refractivity contribution in [2.75, 3.05) is 6.54 Å². The molecular weight excluding hydrogens is 215 g/mol. The summed E-state index contributed by atoms with van der Waals surface area (Å²) in [4.78, 5) is 4.10. The second-order valence-electron chi connectivity index (χ2n) is 3.41. The van der Waals surface area contributed by atoms with Gasteiger partial charge in [-0.1, -0.05) is 18.2 Å². The quantitative estimate of drug-likeness (QED) is 0.392. The first kappa shape index (κ1) is 14.7. The predicted octanol–water partition coefficient (Wildman–Crippen LogP) is 4.09. The van der Waals surface area contributed by atoms with Crippen LogP contribution in [-0.4, -0.2) is 18.4 Å². The van der Waals surface area contributed by atoms with Gasteiger partial charge in [-0.25, -0.2) is 0 Å². The summed E-state index contributed by atoms with van der Waals surface area (Å²) in [5, 5.41) is 0. The van der Waals surface area contributed by atoms with Crippen molar-refractivity contribution in [1.82, 2.24) is 0 Å². The van der Waals surface area contributed by atoms with Crippen LogP contribution in [0.15, 0.2) is 40.9 Å². The molecule has 0 amide bonds. The number of alkyl halides is 3. The number of hydrogen-bond acceptors (Lipinski definition) is 1. The molecule has 0 saturated carbocycles. The van der Waals surface area contributed by atoms with Crippen molar-refractivity contribution in [3.05, 3.63) is 36.0 Å². The second-order valence-corrected chi connectivity index (χ2v) is 3.41. The summed E-state index contributed by atoms with van der Waals surface area (Å²) in [5.74, 6) is 0. The summed E-state index contributed by atoms with van der Waals surface area (Å²) in [5.41, 5.74) is 0.806. The molecule has 0 atom stereocenters. The van der Waals surface area contributed by atoms with Crippen LogP contribution in [0.1, 0.15) is 20.8 Å². The van der Waals surface area contributed by atoms with Crippen molar-refractivity contribution in [1.29, 1.82) is 0 Å². The highest BCUT2D eigenvalue weighted by Crippen LogP contribution is 2.24. The highest BCUT2D eigenvalue weighted by molar-refractivity contribution is 5.97. The Morgan fingerprint density at radius 2 is 1.75 bits per heavy atom. The maximum Gasteiger partial charge on any atom is 0.412 e. The number of nitrogens with zero attached hydrogens (tertiary/aromatic N) is 1. The summed E-state index contributed by atoms with van der Waals surface area (Å²) in [6.07, 6.45) is -0.149. The van der Waals surface area contributed by atoms with Crippen LogP contribution in [0.3, 0.4) is 0 Å². The van der Waals surface area contributed by atoms with Gasteiger partial charge in [-0.05, 0) is 26.3 Å². The van der Waals surface area contributed by atoms with Gasteiger partial charge in [0.25, 0.3) is 0 Å². The van der Waals surface area contributed by atoms with Crippen LogP contribution in [0.4, 0.5) is 13.2 Å². The summed E-state index contributed by atoms with van der Waals surface area (Å²) in [6.45, 7) is 8.50. The molecule has 1 nitrogen and oxygen atoms in total. The van der Waals surface area contributed by atoms with Gasteiger partial charge >= 0.3 is 6.18 Å². The molecule has 0 saturated heterocycles. The van der Waals surface area contributed by atoms with Gasteiger partial charge in [0, 0.05) is 11.3 Å². The Kier molecular flexibility index (Phi) is 5.78. The zero-order valence-electron chi connectivity index (χ0n) is 9.73. The van der Waals surface area contributed by atoms with Crippen molar-refractivity contribution in [3.8, 4) is 0 Å². The lowest BCUT2D eigenvalue weighted by atomic mass is 10.1. The molecule has 0 unspecified atom stereocenters. The first-order valence-corrected chi connectivity index (χ1v) is 4.83. The lowest BCUT2D eigenvalue weighted by Gasteiger charge is -2.05. The Bertz CT molecular complexity index is 333. The molecule has 0 fully saturated rings. The summed E-state index contributed by atoms with van der Waals surface area (Å²) in [7, 11) is 0. The number of aliphatic imine (C=N–C) groups is 1. The molecule has 0 rings (SSSR count). The van der Waals surface area contributed by atoms with Crippen molar-refractivity contribution >= 4 is 5.71 Å². The molecule has 0 N–H and O–H groups in total. The molecule has 0 aliphatic rings. The molecular formula is C12H16F3N. The van der Waals surface area contributed by atoms with Crippen molar-refractivity contribution in [2.24, 2.45) is 4.99 Å². The first-order valence-electron chi connectivity index (χ1n) is 4.83. The maximum absolute atomic E-state index is 12.2. The summed E-state index contributed by atoms with van der Waals surface area (Å²) < 4.78 is 36.5. The fourth-order valence-electron chi connectivity index (χ4n) is 0.791. The van der Waals surface area contributed by atoms with E-state index in [-0.39, 0.29) is 0 Å². The molecule has 0 aliphatic carbocycles. The summed E-state index contributed by atoms with van der Waals surface area (Å²) in [6, 6.07) is 0. The van der Waals surface area contributed by atoms with Gasteiger partial charge in [-0.3, -0.25) is 4.99 Å². The molecule has 0 aromatic heterocycles. The Labute approximate surface area is 94.1 Å². The Morgan fingerprint density at radius 3 is 2.19 bits per heavy atom. The van der Waals surface area contributed by atoms with Crippen LogP contribution in [0.2, 0.25) is 0 Å². The van der Waals surface area contributed by atoms with Crippen molar-refractivity contribution < 1.29 is 13.2 Å². The van der Waals surface area contributed by atoms with E-state index in [1.807, 2.05) is 0 Å². The normalized spacial score (nSPS) is 15.2. The lowest BCUT2D eigenvalue weighted by Crippen LogP contribution is -2.08.